The number of terminal acetylenes is 1. The third-order valence-corrected chi connectivity index (χ3v) is 2.25. The number of alkyl carbamates (subject to hydrolysis) is 1. The fraction of sp³-hybridized carbons (Fsp3) is 0.400. The number of amides is 1. The summed E-state index contributed by atoms with van der Waals surface area (Å²) in [6.45, 7) is 5.38. The SMILES string of the molecule is C#CC(NC(=O)OC(C)(C)C)c1cccc(OC)c1. The van der Waals surface area contributed by atoms with Crippen molar-refractivity contribution >= 4 is 6.09 Å². The van der Waals surface area contributed by atoms with Crippen LogP contribution in [0, 0.1) is 12.3 Å². The zero-order valence-corrected chi connectivity index (χ0v) is 11.7. The summed E-state index contributed by atoms with van der Waals surface area (Å²) < 4.78 is 10.3. The Kier molecular flexibility index (Phi) is 4.82. The van der Waals surface area contributed by atoms with Gasteiger partial charge in [0.25, 0.3) is 0 Å². The van der Waals surface area contributed by atoms with E-state index in [0.717, 1.165) is 5.56 Å². The van der Waals surface area contributed by atoms with Gasteiger partial charge in [0.05, 0.1) is 7.11 Å². The molecule has 1 amide bonds. The van der Waals surface area contributed by atoms with Gasteiger partial charge >= 0.3 is 6.09 Å². The maximum atomic E-state index is 11.7. The molecule has 1 unspecified atom stereocenters. The lowest BCUT2D eigenvalue weighted by Crippen LogP contribution is -2.34. The van der Waals surface area contributed by atoms with Crippen molar-refractivity contribution in [3.05, 3.63) is 29.8 Å². The Bertz CT molecular complexity index is 483. The van der Waals surface area contributed by atoms with Gasteiger partial charge in [-0.05, 0) is 38.5 Å². The molecule has 0 heterocycles. The smallest absolute Gasteiger partial charge is 0.408 e. The first-order valence-corrected chi connectivity index (χ1v) is 5.95. The van der Waals surface area contributed by atoms with Crippen molar-refractivity contribution in [2.24, 2.45) is 0 Å². The molecule has 1 N–H and O–H groups in total. The molecule has 1 atom stereocenters. The molecule has 0 radical (unpaired) electrons. The minimum absolute atomic E-state index is 0.543. The first kappa shape index (κ1) is 14.9. The standard InChI is InChI=1S/C15H19NO3/c1-6-13(16-14(17)19-15(2,3)4)11-8-7-9-12(10-11)18-5/h1,7-10,13H,2-5H3,(H,16,17). The van der Waals surface area contributed by atoms with Gasteiger partial charge in [-0.1, -0.05) is 18.1 Å². The molecule has 0 fully saturated rings. The summed E-state index contributed by atoms with van der Waals surface area (Å²) >= 11 is 0. The molecule has 4 heteroatoms. The molecule has 19 heavy (non-hydrogen) atoms. The van der Waals surface area contributed by atoms with Crippen LogP contribution in [0.1, 0.15) is 32.4 Å². The van der Waals surface area contributed by atoms with Crippen molar-refractivity contribution in [1.29, 1.82) is 0 Å². The zero-order chi connectivity index (χ0) is 14.5. The van der Waals surface area contributed by atoms with Crippen LogP contribution in [-0.4, -0.2) is 18.8 Å². The number of methoxy groups -OCH3 is 1. The molecule has 0 saturated heterocycles. The van der Waals surface area contributed by atoms with Crippen molar-refractivity contribution in [1.82, 2.24) is 5.32 Å². The van der Waals surface area contributed by atoms with Gasteiger partial charge in [-0.25, -0.2) is 4.79 Å². The monoisotopic (exact) mass is 261 g/mol. The molecule has 1 aromatic rings. The van der Waals surface area contributed by atoms with Crippen LogP contribution < -0.4 is 10.1 Å². The Balaban J connectivity index is 2.79. The van der Waals surface area contributed by atoms with Gasteiger partial charge in [0, 0.05) is 0 Å². The van der Waals surface area contributed by atoms with Gasteiger partial charge in [0.1, 0.15) is 17.4 Å². The van der Waals surface area contributed by atoms with E-state index in [2.05, 4.69) is 11.2 Å². The van der Waals surface area contributed by atoms with Crippen LogP contribution in [0.3, 0.4) is 0 Å². The average Bonchev–Trinajstić information content (AvgIpc) is 2.34. The van der Waals surface area contributed by atoms with Crippen LogP contribution in [0.2, 0.25) is 0 Å². The molecule has 4 nitrogen and oxygen atoms in total. The largest absolute Gasteiger partial charge is 0.497 e. The normalized spacial score (nSPS) is 12.2. The number of ether oxygens (including phenoxy) is 2. The van der Waals surface area contributed by atoms with Gasteiger partial charge in [-0.3, -0.25) is 0 Å². The van der Waals surface area contributed by atoms with Gasteiger partial charge in [0.2, 0.25) is 0 Å². The van der Waals surface area contributed by atoms with E-state index in [1.165, 1.54) is 0 Å². The minimum Gasteiger partial charge on any atom is -0.497 e. The van der Waals surface area contributed by atoms with Crippen molar-refractivity contribution in [3.8, 4) is 18.1 Å². The molecule has 0 aliphatic heterocycles. The van der Waals surface area contributed by atoms with Gasteiger partial charge in [-0.2, -0.15) is 0 Å². The molecule has 0 saturated carbocycles. The fourth-order valence-corrected chi connectivity index (χ4v) is 1.47. The number of hydrogen-bond donors (Lipinski definition) is 1. The minimum atomic E-state index is -0.558. The molecule has 0 aliphatic rings. The summed E-state index contributed by atoms with van der Waals surface area (Å²) in [6.07, 6.45) is 4.90. The lowest BCUT2D eigenvalue weighted by molar-refractivity contribution is 0.0516. The number of carbonyl (C=O) groups is 1. The third kappa shape index (κ3) is 4.92. The number of rotatable bonds is 3. The van der Waals surface area contributed by atoms with E-state index < -0.39 is 17.7 Å². The topological polar surface area (TPSA) is 47.6 Å². The van der Waals surface area contributed by atoms with Crippen molar-refractivity contribution in [2.45, 2.75) is 32.4 Å². The molecule has 102 valence electrons. The van der Waals surface area contributed by atoms with E-state index in [0.29, 0.717) is 5.75 Å². The Morgan fingerprint density at radius 3 is 2.63 bits per heavy atom. The quantitative estimate of drug-likeness (QED) is 0.851. The Hall–Kier alpha value is -2.15. The van der Waals surface area contributed by atoms with Crippen LogP contribution in [0.25, 0.3) is 0 Å². The predicted octanol–water partition coefficient (Wildman–Crippen LogP) is 2.89. The second-order valence-electron chi connectivity index (χ2n) is 5.02. The lowest BCUT2D eigenvalue weighted by Gasteiger charge is -2.21. The highest BCUT2D eigenvalue weighted by atomic mass is 16.6. The maximum Gasteiger partial charge on any atom is 0.408 e. The van der Waals surface area contributed by atoms with Crippen molar-refractivity contribution < 1.29 is 14.3 Å². The Morgan fingerprint density at radius 2 is 2.11 bits per heavy atom. The van der Waals surface area contributed by atoms with E-state index in [4.69, 9.17) is 15.9 Å². The summed E-state index contributed by atoms with van der Waals surface area (Å²) in [5, 5.41) is 2.64. The molecular weight excluding hydrogens is 242 g/mol. The van der Waals surface area contributed by atoms with Crippen LogP contribution >= 0.6 is 0 Å². The first-order valence-electron chi connectivity index (χ1n) is 5.95. The van der Waals surface area contributed by atoms with E-state index in [1.807, 2.05) is 18.2 Å². The Labute approximate surface area is 114 Å². The fourth-order valence-electron chi connectivity index (χ4n) is 1.47. The van der Waals surface area contributed by atoms with Gasteiger partial charge < -0.3 is 14.8 Å². The first-order chi connectivity index (χ1) is 8.85. The average molecular weight is 261 g/mol. The van der Waals surface area contributed by atoms with Crippen LogP contribution in [0.15, 0.2) is 24.3 Å². The summed E-state index contributed by atoms with van der Waals surface area (Å²) in [4.78, 5) is 11.7. The van der Waals surface area contributed by atoms with E-state index in [-0.39, 0.29) is 0 Å². The van der Waals surface area contributed by atoms with Crippen molar-refractivity contribution in [2.75, 3.05) is 7.11 Å². The molecule has 1 aromatic carbocycles. The van der Waals surface area contributed by atoms with E-state index >= 15 is 0 Å². The number of carbonyl (C=O) groups excluding carboxylic acids is 1. The summed E-state index contributed by atoms with van der Waals surface area (Å²) in [6, 6.07) is 6.68. The van der Waals surface area contributed by atoms with Crippen LogP contribution in [0.4, 0.5) is 4.79 Å². The highest BCUT2D eigenvalue weighted by Gasteiger charge is 2.19. The molecule has 0 aromatic heterocycles. The number of hydrogen-bond acceptors (Lipinski definition) is 3. The second-order valence-corrected chi connectivity index (χ2v) is 5.02. The maximum absolute atomic E-state index is 11.7. The van der Waals surface area contributed by atoms with Gasteiger partial charge in [0.15, 0.2) is 0 Å². The Morgan fingerprint density at radius 1 is 1.42 bits per heavy atom. The van der Waals surface area contributed by atoms with E-state index in [1.54, 1.807) is 33.9 Å². The summed E-state index contributed by atoms with van der Waals surface area (Å²) in [7, 11) is 1.57. The highest BCUT2D eigenvalue weighted by molar-refractivity contribution is 5.69. The molecule has 0 bridgehead atoms. The lowest BCUT2D eigenvalue weighted by atomic mass is 10.1. The van der Waals surface area contributed by atoms with Crippen LogP contribution in [0.5, 0.6) is 5.75 Å². The summed E-state index contributed by atoms with van der Waals surface area (Å²) in [5.74, 6) is 3.20. The molecule has 1 rings (SSSR count). The molecule has 0 spiro atoms. The molecular formula is C15H19NO3. The highest BCUT2D eigenvalue weighted by Crippen LogP contribution is 2.19. The second kappa shape index (κ2) is 6.14. The molecule has 0 aliphatic carbocycles. The number of benzene rings is 1. The third-order valence-electron chi connectivity index (χ3n) is 2.25. The van der Waals surface area contributed by atoms with Gasteiger partial charge in [-0.15, -0.1) is 6.42 Å². The number of nitrogens with one attached hydrogen (secondary N) is 1. The summed E-state index contributed by atoms with van der Waals surface area (Å²) in [5.41, 5.74) is 0.213. The van der Waals surface area contributed by atoms with E-state index in [9.17, 15) is 4.79 Å². The van der Waals surface area contributed by atoms with Crippen molar-refractivity contribution in [3.63, 3.8) is 0 Å². The zero-order valence-electron chi connectivity index (χ0n) is 11.7. The van der Waals surface area contributed by atoms with Crippen LogP contribution in [-0.2, 0) is 4.74 Å². The predicted molar refractivity (Wildman–Crippen MR) is 73.9 cm³/mol.